The third kappa shape index (κ3) is 1.99. The Morgan fingerprint density at radius 3 is 3.00 bits per heavy atom. The summed E-state index contributed by atoms with van der Waals surface area (Å²) in [6, 6.07) is 8.71. The summed E-state index contributed by atoms with van der Waals surface area (Å²) in [7, 11) is 0. The SMILES string of the molecule is Clc1[c]cccc1CCBr. The average molecular weight is 219 g/mol. The second-order valence-corrected chi connectivity index (χ2v) is 3.12. The maximum Gasteiger partial charge on any atom is 0.0517 e. The van der Waals surface area contributed by atoms with Crippen molar-refractivity contribution in [3.63, 3.8) is 0 Å². The molecule has 0 fully saturated rings. The quantitative estimate of drug-likeness (QED) is 0.669. The lowest BCUT2D eigenvalue weighted by atomic mass is 10.2. The molecule has 1 rings (SSSR count). The lowest BCUT2D eigenvalue weighted by molar-refractivity contribution is 1.17. The highest BCUT2D eigenvalue weighted by Gasteiger charge is 1.95. The van der Waals surface area contributed by atoms with Crippen molar-refractivity contribution in [3.05, 3.63) is 34.9 Å². The van der Waals surface area contributed by atoms with Crippen LogP contribution in [0.5, 0.6) is 0 Å². The molecule has 0 spiro atoms. The molecule has 0 saturated heterocycles. The molecule has 1 radical (unpaired) electrons. The maximum absolute atomic E-state index is 5.83. The summed E-state index contributed by atoms with van der Waals surface area (Å²) >= 11 is 9.17. The van der Waals surface area contributed by atoms with E-state index in [1.54, 1.807) is 0 Å². The van der Waals surface area contributed by atoms with Crippen LogP contribution in [0.3, 0.4) is 0 Å². The highest BCUT2D eigenvalue weighted by atomic mass is 79.9. The van der Waals surface area contributed by atoms with Crippen molar-refractivity contribution in [2.45, 2.75) is 6.42 Å². The second-order valence-electron chi connectivity index (χ2n) is 1.95. The van der Waals surface area contributed by atoms with Gasteiger partial charge in [0.1, 0.15) is 0 Å². The molecule has 0 amide bonds. The van der Waals surface area contributed by atoms with Crippen LogP contribution in [-0.2, 0) is 6.42 Å². The van der Waals surface area contributed by atoms with Gasteiger partial charge in [0.05, 0.1) is 5.02 Å². The molecule has 2 heteroatoms. The molecule has 1 aromatic carbocycles. The molecule has 1 aromatic rings. The first-order valence-electron chi connectivity index (χ1n) is 3.05. The maximum atomic E-state index is 5.83. The Balaban J connectivity index is 2.81. The Morgan fingerprint density at radius 1 is 1.60 bits per heavy atom. The van der Waals surface area contributed by atoms with E-state index >= 15 is 0 Å². The minimum Gasteiger partial charge on any atom is -0.0924 e. The van der Waals surface area contributed by atoms with Crippen molar-refractivity contribution >= 4 is 27.5 Å². The number of rotatable bonds is 2. The predicted octanol–water partition coefficient (Wildman–Crippen LogP) is 3.08. The fourth-order valence-corrected chi connectivity index (χ4v) is 1.39. The summed E-state index contributed by atoms with van der Waals surface area (Å²) in [5.41, 5.74) is 1.15. The van der Waals surface area contributed by atoms with Crippen molar-refractivity contribution < 1.29 is 0 Å². The van der Waals surface area contributed by atoms with E-state index < -0.39 is 0 Å². The topological polar surface area (TPSA) is 0 Å². The summed E-state index contributed by atoms with van der Waals surface area (Å²) in [6.07, 6.45) is 0.968. The highest BCUT2D eigenvalue weighted by molar-refractivity contribution is 9.09. The van der Waals surface area contributed by atoms with Gasteiger partial charge >= 0.3 is 0 Å². The third-order valence-electron chi connectivity index (χ3n) is 1.25. The normalized spacial score (nSPS) is 9.80. The molecule has 0 nitrogen and oxygen atoms in total. The van der Waals surface area contributed by atoms with E-state index in [2.05, 4.69) is 22.0 Å². The van der Waals surface area contributed by atoms with Gasteiger partial charge in [-0.05, 0) is 12.0 Å². The van der Waals surface area contributed by atoms with E-state index in [1.165, 1.54) is 0 Å². The van der Waals surface area contributed by atoms with Crippen molar-refractivity contribution in [2.75, 3.05) is 5.33 Å². The van der Waals surface area contributed by atoms with Crippen molar-refractivity contribution in [3.8, 4) is 0 Å². The molecule has 0 aromatic heterocycles. The molecule has 53 valence electrons. The first-order valence-corrected chi connectivity index (χ1v) is 4.55. The summed E-state index contributed by atoms with van der Waals surface area (Å²) in [5.74, 6) is 0. The monoisotopic (exact) mass is 217 g/mol. The Kier molecular flexibility index (Phi) is 3.23. The van der Waals surface area contributed by atoms with Gasteiger partial charge < -0.3 is 0 Å². The number of halogens is 2. The molecular formula is C8H7BrCl. The van der Waals surface area contributed by atoms with Gasteiger partial charge in [0, 0.05) is 11.4 Å². The smallest absolute Gasteiger partial charge is 0.0517 e. The predicted molar refractivity (Wildman–Crippen MR) is 47.8 cm³/mol. The summed E-state index contributed by atoms with van der Waals surface area (Å²) < 4.78 is 0. The summed E-state index contributed by atoms with van der Waals surface area (Å²) in [4.78, 5) is 0. The van der Waals surface area contributed by atoms with Crippen molar-refractivity contribution in [1.82, 2.24) is 0 Å². The standard InChI is InChI=1S/C8H7BrCl/c9-6-5-7-3-1-2-4-8(7)10/h1-3H,5-6H2. The molecule has 0 unspecified atom stereocenters. The second kappa shape index (κ2) is 3.99. The summed E-state index contributed by atoms with van der Waals surface area (Å²) in [5, 5.41) is 1.69. The molecule has 0 saturated carbocycles. The van der Waals surface area contributed by atoms with Gasteiger partial charge in [0.15, 0.2) is 0 Å². The Morgan fingerprint density at radius 2 is 2.40 bits per heavy atom. The van der Waals surface area contributed by atoms with Crippen LogP contribution in [-0.4, -0.2) is 5.33 Å². The molecule has 0 aliphatic heterocycles. The number of hydrogen-bond acceptors (Lipinski definition) is 0. The largest absolute Gasteiger partial charge is 0.0924 e. The highest BCUT2D eigenvalue weighted by Crippen LogP contribution is 2.14. The average Bonchev–Trinajstić information content (AvgIpc) is 1.94. The van der Waals surface area contributed by atoms with Gasteiger partial charge in [-0.15, -0.1) is 0 Å². The van der Waals surface area contributed by atoms with Crippen LogP contribution < -0.4 is 0 Å². The van der Waals surface area contributed by atoms with Crippen molar-refractivity contribution in [1.29, 1.82) is 0 Å². The molecule has 10 heavy (non-hydrogen) atoms. The molecule has 0 atom stereocenters. The molecule has 0 N–H and O–H groups in total. The van der Waals surface area contributed by atoms with Crippen LogP contribution >= 0.6 is 27.5 Å². The Labute approximate surface area is 74.3 Å². The van der Waals surface area contributed by atoms with Gasteiger partial charge in [-0.1, -0.05) is 45.7 Å². The fraction of sp³-hybridized carbons (Fsp3) is 0.250. The minimum absolute atomic E-state index is 0.738. The van der Waals surface area contributed by atoms with E-state index in [4.69, 9.17) is 11.6 Å². The van der Waals surface area contributed by atoms with Crippen LogP contribution in [0.15, 0.2) is 18.2 Å². The number of hydrogen-bond donors (Lipinski definition) is 0. The molecule has 0 aliphatic carbocycles. The van der Waals surface area contributed by atoms with Crippen molar-refractivity contribution in [2.24, 2.45) is 0 Å². The van der Waals surface area contributed by atoms with Crippen LogP contribution in [0.25, 0.3) is 0 Å². The first-order chi connectivity index (χ1) is 4.84. The number of aryl methyl sites for hydroxylation is 1. The lowest BCUT2D eigenvalue weighted by Crippen LogP contribution is -1.85. The van der Waals surface area contributed by atoms with Gasteiger partial charge in [0.25, 0.3) is 0 Å². The molecular weight excluding hydrogens is 211 g/mol. The zero-order valence-electron chi connectivity index (χ0n) is 5.40. The van der Waals surface area contributed by atoms with Gasteiger partial charge in [0.2, 0.25) is 0 Å². The van der Waals surface area contributed by atoms with E-state index in [0.717, 1.165) is 22.3 Å². The number of benzene rings is 1. The van der Waals surface area contributed by atoms with Crippen LogP contribution in [0.1, 0.15) is 5.56 Å². The zero-order valence-corrected chi connectivity index (χ0v) is 7.74. The van der Waals surface area contributed by atoms with E-state index in [-0.39, 0.29) is 0 Å². The van der Waals surface area contributed by atoms with E-state index in [0.29, 0.717) is 0 Å². The van der Waals surface area contributed by atoms with Gasteiger partial charge in [-0.25, -0.2) is 0 Å². The lowest BCUT2D eigenvalue weighted by Gasteiger charge is -1.98. The van der Waals surface area contributed by atoms with E-state index in [1.807, 2.05) is 18.2 Å². The van der Waals surface area contributed by atoms with Crippen LogP contribution in [0.4, 0.5) is 0 Å². The van der Waals surface area contributed by atoms with E-state index in [9.17, 15) is 0 Å². The number of alkyl halides is 1. The molecule has 0 aliphatic rings. The Bertz CT molecular complexity index is 210. The first kappa shape index (κ1) is 8.09. The zero-order chi connectivity index (χ0) is 7.40. The third-order valence-corrected chi connectivity index (χ3v) is 2.00. The molecule has 0 heterocycles. The Hall–Kier alpha value is -0.0100. The minimum atomic E-state index is 0.738. The van der Waals surface area contributed by atoms with Crippen LogP contribution in [0, 0.1) is 6.07 Å². The summed E-state index contributed by atoms with van der Waals surface area (Å²) in [6.45, 7) is 0. The fourth-order valence-electron chi connectivity index (χ4n) is 0.746. The van der Waals surface area contributed by atoms with Gasteiger partial charge in [-0.2, -0.15) is 0 Å². The van der Waals surface area contributed by atoms with Crippen LogP contribution in [0.2, 0.25) is 5.02 Å². The molecule has 0 bridgehead atoms. The van der Waals surface area contributed by atoms with Gasteiger partial charge in [-0.3, -0.25) is 0 Å².